The lowest BCUT2D eigenvalue weighted by Gasteiger charge is -2.31. The average Bonchev–Trinajstić information content (AvgIpc) is 2.83. The normalized spacial score (nSPS) is 12.9. The van der Waals surface area contributed by atoms with E-state index in [4.69, 9.17) is 16.6 Å². The van der Waals surface area contributed by atoms with E-state index in [9.17, 15) is 13.2 Å². The van der Waals surface area contributed by atoms with Crippen molar-refractivity contribution in [3.63, 3.8) is 0 Å². The second-order valence-electron chi connectivity index (χ2n) is 8.14. The van der Waals surface area contributed by atoms with E-state index in [0.717, 1.165) is 10.0 Å². The Labute approximate surface area is 218 Å². The van der Waals surface area contributed by atoms with Crippen molar-refractivity contribution >= 4 is 48.5 Å². The first-order chi connectivity index (χ1) is 16.7. The van der Waals surface area contributed by atoms with E-state index in [-0.39, 0.29) is 17.0 Å². The zero-order valence-corrected chi connectivity index (χ0v) is 22.7. The molecule has 0 N–H and O–H groups in total. The molecule has 6 nitrogen and oxygen atoms in total. The van der Waals surface area contributed by atoms with Crippen LogP contribution in [0.25, 0.3) is 16.6 Å². The summed E-state index contributed by atoms with van der Waals surface area (Å²) in [6.45, 7) is 5.75. The number of rotatable bonds is 7. The lowest BCUT2D eigenvalue weighted by molar-refractivity contribution is 0.312. The van der Waals surface area contributed by atoms with E-state index in [1.165, 1.54) is 8.87 Å². The number of halogens is 2. The molecule has 0 radical (unpaired) electrons. The van der Waals surface area contributed by atoms with E-state index in [1.807, 2.05) is 19.9 Å². The Kier molecular flexibility index (Phi) is 7.47. The second kappa shape index (κ2) is 10.2. The molecule has 3 aromatic carbocycles. The Morgan fingerprint density at radius 3 is 2.37 bits per heavy atom. The maximum atomic E-state index is 13.8. The highest BCUT2D eigenvalue weighted by Crippen LogP contribution is 2.32. The SMILES string of the molecule is CCC(c1nc2ccccc2c(=O)n1-c1ccc(Cl)cc1C)N(CC)S(=O)(=O)c1ccc(Br)cc1. The van der Waals surface area contributed by atoms with Gasteiger partial charge in [-0.25, -0.2) is 13.4 Å². The molecule has 1 heterocycles. The van der Waals surface area contributed by atoms with Crippen LogP contribution in [0.15, 0.2) is 80.9 Å². The van der Waals surface area contributed by atoms with Gasteiger partial charge in [-0.3, -0.25) is 9.36 Å². The molecule has 4 rings (SSSR count). The second-order valence-corrected chi connectivity index (χ2v) is 11.4. The number of fused-ring (bicyclic) bond motifs is 1. The van der Waals surface area contributed by atoms with Crippen LogP contribution in [-0.2, 0) is 10.0 Å². The summed E-state index contributed by atoms with van der Waals surface area (Å²) in [5.41, 5.74) is 1.66. The lowest BCUT2D eigenvalue weighted by Crippen LogP contribution is -2.38. The molecule has 0 bridgehead atoms. The van der Waals surface area contributed by atoms with Crippen LogP contribution >= 0.6 is 27.5 Å². The van der Waals surface area contributed by atoms with E-state index in [0.29, 0.717) is 33.9 Å². The summed E-state index contributed by atoms with van der Waals surface area (Å²) in [5.74, 6) is 0.365. The van der Waals surface area contributed by atoms with Gasteiger partial charge in [0.1, 0.15) is 5.82 Å². The van der Waals surface area contributed by atoms with Gasteiger partial charge in [0.05, 0.1) is 27.5 Å². The van der Waals surface area contributed by atoms with Crippen molar-refractivity contribution in [1.29, 1.82) is 0 Å². The highest BCUT2D eigenvalue weighted by Gasteiger charge is 2.34. The summed E-state index contributed by atoms with van der Waals surface area (Å²) in [7, 11) is -3.87. The van der Waals surface area contributed by atoms with Gasteiger partial charge >= 0.3 is 0 Å². The number of nitrogens with zero attached hydrogens (tertiary/aromatic N) is 3. The summed E-state index contributed by atoms with van der Waals surface area (Å²) < 4.78 is 31.2. The van der Waals surface area contributed by atoms with E-state index >= 15 is 0 Å². The summed E-state index contributed by atoms with van der Waals surface area (Å²) in [6, 6.07) is 18.2. The fourth-order valence-electron chi connectivity index (χ4n) is 4.29. The predicted octanol–water partition coefficient (Wildman–Crippen LogP) is 6.27. The first-order valence-corrected chi connectivity index (χ1v) is 13.9. The quantitative estimate of drug-likeness (QED) is 0.261. The molecule has 0 aliphatic carbocycles. The zero-order chi connectivity index (χ0) is 25.3. The zero-order valence-electron chi connectivity index (χ0n) is 19.6. The fourth-order valence-corrected chi connectivity index (χ4v) is 6.45. The van der Waals surface area contributed by atoms with Gasteiger partial charge in [-0.15, -0.1) is 0 Å². The molecule has 0 fully saturated rings. The molecular formula is C26H25BrClN3O3S. The molecule has 0 spiro atoms. The molecule has 0 aliphatic rings. The largest absolute Gasteiger partial charge is 0.268 e. The molecule has 1 aromatic heterocycles. The van der Waals surface area contributed by atoms with Crippen molar-refractivity contribution < 1.29 is 8.42 Å². The first-order valence-electron chi connectivity index (χ1n) is 11.2. The molecular weight excluding hydrogens is 550 g/mol. The number of hydrogen-bond donors (Lipinski definition) is 0. The minimum Gasteiger partial charge on any atom is -0.268 e. The van der Waals surface area contributed by atoms with Crippen LogP contribution < -0.4 is 5.56 Å². The van der Waals surface area contributed by atoms with E-state index in [1.54, 1.807) is 67.6 Å². The lowest BCUT2D eigenvalue weighted by atomic mass is 10.1. The van der Waals surface area contributed by atoms with Gasteiger partial charge in [-0.05, 0) is 73.5 Å². The third-order valence-corrected chi connectivity index (χ3v) is 8.73. The van der Waals surface area contributed by atoms with Crippen molar-refractivity contribution in [2.45, 2.75) is 38.1 Å². The van der Waals surface area contributed by atoms with Crippen LogP contribution in [0.1, 0.15) is 37.7 Å². The van der Waals surface area contributed by atoms with Crippen LogP contribution in [-0.4, -0.2) is 28.8 Å². The van der Waals surface area contributed by atoms with E-state index in [2.05, 4.69) is 15.9 Å². The van der Waals surface area contributed by atoms with Gasteiger partial charge in [-0.1, -0.05) is 53.5 Å². The minimum atomic E-state index is -3.87. The molecule has 0 aliphatic heterocycles. The minimum absolute atomic E-state index is 0.179. The number of aryl methyl sites for hydroxylation is 1. The van der Waals surface area contributed by atoms with E-state index < -0.39 is 16.1 Å². The number of sulfonamides is 1. The molecule has 182 valence electrons. The molecule has 0 saturated heterocycles. The highest BCUT2D eigenvalue weighted by molar-refractivity contribution is 9.10. The number of para-hydroxylation sites is 1. The Hall–Kier alpha value is -2.52. The smallest absolute Gasteiger partial charge is 0.266 e. The maximum absolute atomic E-state index is 13.8. The molecule has 1 atom stereocenters. The molecule has 1 unspecified atom stereocenters. The van der Waals surface area contributed by atoms with Crippen LogP contribution in [0.2, 0.25) is 5.02 Å². The maximum Gasteiger partial charge on any atom is 0.266 e. The van der Waals surface area contributed by atoms with Crippen LogP contribution in [0.4, 0.5) is 0 Å². The topological polar surface area (TPSA) is 72.3 Å². The summed E-state index contributed by atoms with van der Waals surface area (Å²) in [5, 5.41) is 1.01. The van der Waals surface area contributed by atoms with Crippen molar-refractivity contribution in [2.75, 3.05) is 6.54 Å². The Morgan fingerprint density at radius 1 is 1.06 bits per heavy atom. The third-order valence-electron chi connectivity index (χ3n) is 5.97. The number of hydrogen-bond acceptors (Lipinski definition) is 4. The van der Waals surface area contributed by atoms with Gasteiger partial charge in [0.25, 0.3) is 5.56 Å². The third kappa shape index (κ3) is 4.80. The number of aromatic nitrogens is 2. The first kappa shape index (κ1) is 25.6. The number of benzene rings is 3. The molecule has 4 aromatic rings. The van der Waals surface area contributed by atoms with Gasteiger partial charge in [0.15, 0.2) is 0 Å². The summed E-state index contributed by atoms with van der Waals surface area (Å²) in [6.07, 6.45) is 0.418. The standard InChI is InChI=1S/C26H25BrClN3O3S/c1-4-23(30(5-2)35(33,34)20-13-10-18(27)11-14-20)25-29-22-9-7-6-8-21(22)26(32)31(25)24-15-12-19(28)16-17(24)3/h6-16,23H,4-5H2,1-3H3. The Bertz CT molecular complexity index is 1550. The van der Waals surface area contributed by atoms with Crippen LogP contribution in [0.5, 0.6) is 0 Å². The summed E-state index contributed by atoms with van der Waals surface area (Å²) in [4.78, 5) is 18.8. The monoisotopic (exact) mass is 573 g/mol. The van der Waals surface area contributed by atoms with Crippen molar-refractivity contribution in [2.24, 2.45) is 0 Å². The van der Waals surface area contributed by atoms with Crippen molar-refractivity contribution in [3.8, 4) is 5.69 Å². The predicted molar refractivity (Wildman–Crippen MR) is 144 cm³/mol. The van der Waals surface area contributed by atoms with Gasteiger partial charge < -0.3 is 0 Å². The highest BCUT2D eigenvalue weighted by atomic mass is 79.9. The molecule has 0 saturated carbocycles. The molecule has 35 heavy (non-hydrogen) atoms. The van der Waals surface area contributed by atoms with Crippen molar-refractivity contribution in [3.05, 3.63) is 98.0 Å². The van der Waals surface area contributed by atoms with Gasteiger partial charge in [0, 0.05) is 16.0 Å². The van der Waals surface area contributed by atoms with Crippen LogP contribution in [0.3, 0.4) is 0 Å². The average molecular weight is 575 g/mol. The van der Waals surface area contributed by atoms with Crippen molar-refractivity contribution in [1.82, 2.24) is 13.9 Å². The molecule has 0 amide bonds. The Balaban J connectivity index is 2.00. The van der Waals surface area contributed by atoms with Crippen LogP contribution in [0, 0.1) is 6.92 Å². The summed E-state index contributed by atoms with van der Waals surface area (Å²) >= 11 is 9.54. The molecule has 9 heteroatoms. The van der Waals surface area contributed by atoms with Gasteiger partial charge in [0.2, 0.25) is 10.0 Å². The van der Waals surface area contributed by atoms with Gasteiger partial charge in [-0.2, -0.15) is 4.31 Å². The Morgan fingerprint density at radius 2 is 1.74 bits per heavy atom. The fraction of sp³-hybridized carbons (Fsp3) is 0.231.